The van der Waals surface area contributed by atoms with Gasteiger partial charge in [0.25, 0.3) is 11.8 Å². The number of nitrogens with one attached hydrogen (secondary N) is 2. The quantitative estimate of drug-likeness (QED) is 0.724. The molecule has 0 saturated carbocycles. The number of hydrogen-bond donors (Lipinski definition) is 3. The molecule has 3 rings (SSSR count). The molecule has 3 amide bonds. The summed E-state index contributed by atoms with van der Waals surface area (Å²) in [5.74, 6) is -0.516. The molecule has 1 heterocycles. The van der Waals surface area contributed by atoms with Crippen LogP contribution in [0.25, 0.3) is 0 Å². The second-order valence-corrected chi connectivity index (χ2v) is 6.24. The molecule has 0 bridgehead atoms. The minimum atomic E-state index is -0.326. The van der Waals surface area contributed by atoms with Crippen LogP contribution in [0.4, 0.5) is 11.4 Å². The summed E-state index contributed by atoms with van der Waals surface area (Å²) >= 11 is 0. The highest BCUT2D eigenvalue weighted by Gasteiger charge is 2.22. The number of hydrogen-bond acceptors (Lipinski definition) is 4. The van der Waals surface area contributed by atoms with Gasteiger partial charge in [-0.3, -0.25) is 14.4 Å². The predicted octanol–water partition coefficient (Wildman–Crippen LogP) is 1.75. The molecule has 1 saturated heterocycles. The summed E-state index contributed by atoms with van der Waals surface area (Å²) in [6, 6.07) is 13.7. The summed E-state index contributed by atoms with van der Waals surface area (Å²) in [5, 5.41) is 5.46. The zero-order valence-corrected chi connectivity index (χ0v) is 14.9. The average molecular weight is 366 g/mol. The Labute approximate surface area is 157 Å². The van der Waals surface area contributed by atoms with Crippen LogP contribution in [-0.2, 0) is 4.79 Å². The minimum Gasteiger partial charge on any atom is -0.351 e. The molecule has 27 heavy (non-hydrogen) atoms. The minimum absolute atomic E-state index is 0.102. The van der Waals surface area contributed by atoms with Gasteiger partial charge < -0.3 is 21.3 Å². The van der Waals surface area contributed by atoms with Crippen LogP contribution < -0.4 is 21.3 Å². The fourth-order valence-corrected chi connectivity index (χ4v) is 2.98. The molecule has 0 radical (unpaired) electrons. The fourth-order valence-electron chi connectivity index (χ4n) is 2.98. The lowest BCUT2D eigenvalue weighted by Crippen LogP contribution is -2.30. The molecule has 0 aromatic heterocycles. The van der Waals surface area contributed by atoms with Crippen LogP contribution in [0.5, 0.6) is 0 Å². The predicted molar refractivity (Wildman–Crippen MR) is 104 cm³/mol. The molecule has 2 aromatic rings. The van der Waals surface area contributed by atoms with Crippen LogP contribution in [0.15, 0.2) is 48.5 Å². The first-order chi connectivity index (χ1) is 13.1. The van der Waals surface area contributed by atoms with Crippen molar-refractivity contribution in [2.24, 2.45) is 5.73 Å². The van der Waals surface area contributed by atoms with Gasteiger partial charge in [-0.1, -0.05) is 12.1 Å². The van der Waals surface area contributed by atoms with E-state index in [9.17, 15) is 14.4 Å². The van der Waals surface area contributed by atoms with Crippen LogP contribution in [0.3, 0.4) is 0 Å². The van der Waals surface area contributed by atoms with Gasteiger partial charge in [-0.15, -0.1) is 0 Å². The van der Waals surface area contributed by atoms with E-state index in [2.05, 4.69) is 10.6 Å². The summed E-state index contributed by atoms with van der Waals surface area (Å²) in [6.07, 6.45) is 1.41. The number of benzene rings is 2. The zero-order valence-electron chi connectivity index (χ0n) is 14.9. The summed E-state index contributed by atoms with van der Waals surface area (Å²) in [5.41, 5.74) is 7.44. The van der Waals surface area contributed by atoms with Crippen molar-refractivity contribution < 1.29 is 14.4 Å². The molecule has 4 N–H and O–H groups in total. The lowest BCUT2D eigenvalue weighted by Gasteiger charge is -2.16. The van der Waals surface area contributed by atoms with Gasteiger partial charge in [0, 0.05) is 37.3 Å². The van der Waals surface area contributed by atoms with Crippen molar-refractivity contribution in [3.63, 3.8) is 0 Å². The third-order valence-corrected chi connectivity index (χ3v) is 4.36. The van der Waals surface area contributed by atoms with Crippen molar-refractivity contribution in [2.75, 3.05) is 29.9 Å². The first-order valence-electron chi connectivity index (χ1n) is 8.89. The van der Waals surface area contributed by atoms with Gasteiger partial charge in [0.05, 0.1) is 11.3 Å². The maximum Gasteiger partial charge on any atom is 0.255 e. The number of rotatable bonds is 6. The molecule has 7 nitrogen and oxygen atoms in total. The standard InChI is InChI=1S/C20H22N4O3/c21-11-12-22-20(27)16-4-1-2-5-17(16)23-19(26)14-7-9-15(10-8-14)24-13-3-6-18(24)25/h1-2,4-5,7-10H,3,6,11-13,21H2,(H,22,27)(H,23,26). The molecular weight excluding hydrogens is 344 g/mol. The molecule has 140 valence electrons. The van der Waals surface area contributed by atoms with Crippen molar-refractivity contribution in [1.82, 2.24) is 5.32 Å². The van der Waals surface area contributed by atoms with Crippen LogP contribution in [-0.4, -0.2) is 37.4 Å². The van der Waals surface area contributed by atoms with Gasteiger partial charge in [0.1, 0.15) is 0 Å². The molecule has 1 aliphatic heterocycles. The molecule has 0 aliphatic carbocycles. The van der Waals surface area contributed by atoms with E-state index in [0.29, 0.717) is 42.9 Å². The van der Waals surface area contributed by atoms with E-state index in [-0.39, 0.29) is 17.7 Å². The van der Waals surface area contributed by atoms with Crippen molar-refractivity contribution in [1.29, 1.82) is 0 Å². The van der Waals surface area contributed by atoms with Gasteiger partial charge in [0.15, 0.2) is 0 Å². The Bertz CT molecular complexity index is 849. The maximum atomic E-state index is 12.6. The first-order valence-corrected chi connectivity index (χ1v) is 8.89. The molecule has 0 atom stereocenters. The van der Waals surface area contributed by atoms with E-state index in [1.165, 1.54) is 0 Å². The van der Waals surface area contributed by atoms with Gasteiger partial charge >= 0.3 is 0 Å². The third kappa shape index (κ3) is 4.32. The second-order valence-electron chi connectivity index (χ2n) is 6.24. The van der Waals surface area contributed by atoms with E-state index < -0.39 is 0 Å². The summed E-state index contributed by atoms with van der Waals surface area (Å²) < 4.78 is 0. The Morgan fingerprint density at radius 3 is 2.44 bits per heavy atom. The highest BCUT2D eigenvalue weighted by molar-refractivity contribution is 6.09. The molecule has 7 heteroatoms. The Balaban J connectivity index is 1.72. The van der Waals surface area contributed by atoms with Crippen molar-refractivity contribution in [3.8, 4) is 0 Å². The highest BCUT2D eigenvalue weighted by Crippen LogP contribution is 2.22. The van der Waals surface area contributed by atoms with Gasteiger partial charge in [-0.05, 0) is 42.8 Å². The lowest BCUT2D eigenvalue weighted by atomic mass is 10.1. The van der Waals surface area contributed by atoms with Crippen LogP contribution in [0, 0.1) is 0 Å². The van der Waals surface area contributed by atoms with Crippen LogP contribution >= 0.6 is 0 Å². The monoisotopic (exact) mass is 366 g/mol. The first kappa shape index (κ1) is 18.6. The average Bonchev–Trinajstić information content (AvgIpc) is 3.12. The third-order valence-electron chi connectivity index (χ3n) is 4.36. The van der Waals surface area contributed by atoms with Crippen LogP contribution in [0.2, 0.25) is 0 Å². The topological polar surface area (TPSA) is 105 Å². The summed E-state index contributed by atoms with van der Waals surface area (Å²) in [7, 11) is 0. The molecule has 2 aromatic carbocycles. The largest absolute Gasteiger partial charge is 0.351 e. The van der Waals surface area contributed by atoms with E-state index >= 15 is 0 Å². The Kier molecular flexibility index (Phi) is 5.83. The molecule has 1 aliphatic rings. The second kappa shape index (κ2) is 8.46. The zero-order chi connectivity index (χ0) is 19.2. The number of carbonyl (C=O) groups is 3. The van der Waals surface area contributed by atoms with Gasteiger partial charge in [-0.25, -0.2) is 0 Å². The van der Waals surface area contributed by atoms with E-state index in [1.807, 2.05) is 0 Å². The SMILES string of the molecule is NCCNC(=O)c1ccccc1NC(=O)c1ccc(N2CCCC2=O)cc1. The maximum absolute atomic E-state index is 12.6. The number of nitrogens with two attached hydrogens (primary N) is 1. The smallest absolute Gasteiger partial charge is 0.255 e. The number of amides is 3. The number of anilines is 2. The van der Waals surface area contributed by atoms with E-state index in [4.69, 9.17) is 5.73 Å². The number of nitrogens with zero attached hydrogens (tertiary/aromatic N) is 1. The summed E-state index contributed by atoms with van der Waals surface area (Å²) in [6.45, 7) is 1.40. The molecular formula is C20H22N4O3. The highest BCUT2D eigenvalue weighted by atomic mass is 16.2. The Morgan fingerprint density at radius 1 is 1.04 bits per heavy atom. The number of para-hydroxylation sites is 1. The van der Waals surface area contributed by atoms with Crippen molar-refractivity contribution in [2.45, 2.75) is 12.8 Å². The van der Waals surface area contributed by atoms with E-state index in [1.54, 1.807) is 53.4 Å². The summed E-state index contributed by atoms with van der Waals surface area (Å²) in [4.78, 5) is 38.3. The number of carbonyl (C=O) groups excluding carboxylic acids is 3. The molecule has 1 fully saturated rings. The normalized spacial score (nSPS) is 13.5. The molecule has 0 unspecified atom stereocenters. The van der Waals surface area contributed by atoms with Crippen LogP contribution in [0.1, 0.15) is 33.6 Å². The van der Waals surface area contributed by atoms with Crippen molar-refractivity contribution >= 4 is 29.1 Å². The van der Waals surface area contributed by atoms with Gasteiger partial charge in [-0.2, -0.15) is 0 Å². The lowest BCUT2D eigenvalue weighted by molar-refractivity contribution is -0.117. The fraction of sp³-hybridized carbons (Fsp3) is 0.250. The van der Waals surface area contributed by atoms with Gasteiger partial charge in [0.2, 0.25) is 5.91 Å². The van der Waals surface area contributed by atoms with E-state index in [0.717, 1.165) is 12.1 Å². The molecule has 0 spiro atoms. The Hall–Kier alpha value is -3.19. The Morgan fingerprint density at radius 2 is 1.78 bits per heavy atom. The van der Waals surface area contributed by atoms with Crippen molar-refractivity contribution in [3.05, 3.63) is 59.7 Å².